The van der Waals surface area contributed by atoms with Gasteiger partial charge in [0.2, 0.25) is 11.8 Å². The molecule has 2 rings (SSSR count). The molecule has 80 valence electrons. The van der Waals surface area contributed by atoms with Crippen molar-refractivity contribution in [2.24, 2.45) is 0 Å². The van der Waals surface area contributed by atoms with E-state index in [4.69, 9.17) is 16.3 Å². The van der Waals surface area contributed by atoms with Crippen molar-refractivity contribution in [1.29, 1.82) is 0 Å². The molecule has 0 spiro atoms. The Labute approximate surface area is 92.6 Å². The minimum absolute atomic E-state index is 0.0435. The average Bonchev–Trinajstić information content (AvgIpc) is 2.64. The molecule has 1 aromatic rings. The monoisotopic (exact) mass is 226 g/mol. The lowest BCUT2D eigenvalue weighted by Gasteiger charge is -2.13. The van der Waals surface area contributed by atoms with E-state index in [1.165, 1.54) is 0 Å². The molecule has 0 aromatic carbocycles. The van der Waals surface area contributed by atoms with E-state index in [9.17, 15) is 4.79 Å². The third-order valence-electron chi connectivity index (χ3n) is 2.48. The maximum Gasteiger partial charge on any atom is 0.220 e. The van der Waals surface area contributed by atoms with Gasteiger partial charge in [-0.15, -0.1) is 0 Å². The zero-order chi connectivity index (χ0) is 10.8. The normalized spacial score (nSPS) is 20.1. The zero-order valence-electron chi connectivity index (χ0n) is 8.29. The van der Waals surface area contributed by atoms with Crippen LogP contribution in [0.15, 0.2) is 12.3 Å². The van der Waals surface area contributed by atoms with Gasteiger partial charge >= 0.3 is 0 Å². The first-order chi connectivity index (χ1) is 7.22. The Hall–Kier alpha value is -1.29. The van der Waals surface area contributed by atoms with E-state index in [0.717, 1.165) is 5.56 Å². The first-order valence-corrected chi connectivity index (χ1v) is 5.05. The van der Waals surface area contributed by atoms with E-state index in [1.54, 1.807) is 19.4 Å². The third kappa shape index (κ3) is 1.90. The predicted octanol–water partition coefficient (Wildman–Crippen LogP) is 1.35. The number of carbonyl (C=O) groups is 1. The molecule has 1 saturated heterocycles. The highest BCUT2D eigenvalue weighted by atomic mass is 35.5. The first kappa shape index (κ1) is 10.2. The lowest BCUT2D eigenvalue weighted by Crippen LogP contribution is -2.13. The van der Waals surface area contributed by atoms with Crippen molar-refractivity contribution in [2.45, 2.75) is 12.3 Å². The summed E-state index contributed by atoms with van der Waals surface area (Å²) >= 11 is 6.08. The maximum absolute atomic E-state index is 11.1. The van der Waals surface area contributed by atoms with E-state index in [1.807, 2.05) is 0 Å². The largest absolute Gasteiger partial charge is 0.481 e. The fourth-order valence-corrected chi connectivity index (χ4v) is 2.06. The molecular weight excluding hydrogens is 216 g/mol. The molecule has 1 fully saturated rings. The van der Waals surface area contributed by atoms with E-state index in [0.29, 0.717) is 23.9 Å². The van der Waals surface area contributed by atoms with Gasteiger partial charge in [0.1, 0.15) is 0 Å². The molecule has 0 radical (unpaired) electrons. The highest BCUT2D eigenvalue weighted by Gasteiger charge is 2.28. The lowest BCUT2D eigenvalue weighted by atomic mass is 9.99. The molecule has 1 aromatic heterocycles. The Morgan fingerprint density at radius 3 is 3.07 bits per heavy atom. The smallest absolute Gasteiger partial charge is 0.220 e. The van der Waals surface area contributed by atoms with E-state index >= 15 is 0 Å². The summed E-state index contributed by atoms with van der Waals surface area (Å²) in [6.07, 6.45) is 2.04. The van der Waals surface area contributed by atoms with Crippen LogP contribution in [0.4, 0.5) is 0 Å². The van der Waals surface area contributed by atoms with Gasteiger partial charge in [-0.05, 0) is 6.07 Å². The summed E-state index contributed by atoms with van der Waals surface area (Å²) in [7, 11) is 1.55. The molecule has 0 saturated carbocycles. The van der Waals surface area contributed by atoms with Crippen LogP contribution in [0.2, 0.25) is 5.02 Å². The SMILES string of the molecule is COc1nccc(Cl)c1C1CNC(=O)C1. The Balaban J connectivity index is 2.37. The van der Waals surface area contributed by atoms with Gasteiger partial charge in [-0.25, -0.2) is 4.98 Å². The Morgan fingerprint density at radius 2 is 2.47 bits per heavy atom. The third-order valence-corrected chi connectivity index (χ3v) is 2.81. The molecule has 1 N–H and O–H groups in total. The second-order valence-corrected chi connectivity index (χ2v) is 3.83. The Kier molecular flexibility index (Phi) is 2.77. The Bertz CT molecular complexity index is 395. The number of pyridine rings is 1. The van der Waals surface area contributed by atoms with Crippen molar-refractivity contribution in [3.63, 3.8) is 0 Å². The van der Waals surface area contributed by atoms with Crippen molar-refractivity contribution >= 4 is 17.5 Å². The summed E-state index contributed by atoms with van der Waals surface area (Å²) in [5.74, 6) is 0.611. The number of hydrogen-bond donors (Lipinski definition) is 1. The van der Waals surface area contributed by atoms with Crippen molar-refractivity contribution in [2.75, 3.05) is 13.7 Å². The van der Waals surface area contributed by atoms with Crippen LogP contribution in [0.1, 0.15) is 17.9 Å². The number of halogens is 1. The van der Waals surface area contributed by atoms with Gasteiger partial charge in [-0.2, -0.15) is 0 Å². The topological polar surface area (TPSA) is 51.2 Å². The van der Waals surface area contributed by atoms with Gasteiger partial charge in [0, 0.05) is 30.6 Å². The minimum atomic E-state index is 0.0435. The molecule has 0 bridgehead atoms. The van der Waals surface area contributed by atoms with Crippen molar-refractivity contribution in [3.8, 4) is 5.88 Å². The first-order valence-electron chi connectivity index (χ1n) is 4.67. The molecule has 2 heterocycles. The highest BCUT2D eigenvalue weighted by molar-refractivity contribution is 6.31. The summed E-state index contributed by atoms with van der Waals surface area (Å²) < 4.78 is 5.14. The van der Waals surface area contributed by atoms with Crippen LogP contribution < -0.4 is 10.1 Å². The van der Waals surface area contributed by atoms with Crippen LogP contribution in [-0.2, 0) is 4.79 Å². The molecule has 4 nitrogen and oxygen atoms in total. The number of ether oxygens (including phenoxy) is 1. The van der Waals surface area contributed by atoms with Crippen molar-refractivity contribution in [1.82, 2.24) is 10.3 Å². The van der Waals surface area contributed by atoms with Crippen LogP contribution in [0.3, 0.4) is 0 Å². The molecule has 1 aliphatic rings. The fraction of sp³-hybridized carbons (Fsp3) is 0.400. The summed E-state index contributed by atoms with van der Waals surface area (Å²) in [6.45, 7) is 0.598. The van der Waals surface area contributed by atoms with Crippen LogP contribution in [0.25, 0.3) is 0 Å². The molecule has 5 heteroatoms. The molecule has 1 amide bonds. The van der Waals surface area contributed by atoms with Crippen molar-refractivity contribution < 1.29 is 9.53 Å². The zero-order valence-corrected chi connectivity index (χ0v) is 9.04. The van der Waals surface area contributed by atoms with Gasteiger partial charge < -0.3 is 10.1 Å². The quantitative estimate of drug-likeness (QED) is 0.828. The lowest BCUT2D eigenvalue weighted by molar-refractivity contribution is -0.119. The van der Waals surface area contributed by atoms with Gasteiger partial charge in [-0.1, -0.05) is 11.6 Å². The number of rotatable bonds is 2. The molecule has 1 unspecified atom stereocenters. The standard InChI is InChI=1S/C10H11ClN2O2/c1-15-10-9(7(11)2-3-12-10)6-4-8(14)13-5-6/h2-3,6H,4-5H2,1H3,(H,13,14). The molecule has 1 atom stereocenters. The molecule has 15 heavy (non-hydrogen) atoms. The second-order valence-electron chi connectivity index (χ2n) is 3.42. The number of aromatic nitrogens is 1. The fourth-order valence-electron chi connectivity index (χ4n) is 1.77. The van der Waals surface area contributed by atoms with Gasteiger partial charge in [0.25, 0.3) is 0 Å². The van der Waals surface area contributed by atoms with E-state index < -0.39 is 0 Å². The van der Waals surface area contributed by atoms with Gasteiger partial charge in [0.05, 0.1) is 12.1 Å². The number of amides is 1. The summed E-state index contributed by atoms with van der Waals surface area (Å²) in [5, 5.41) is 3.37. The molecular formula is C10H11ClN2O2. The van der Waals surface area contributed by atoms with Crippen LogP contribution in [0, 0.1) is 0 Å². The number of hydrogen-bond acceptors (Lipinski definition) is 3. The predicted molar refractivity (Wildman–Crippen MR) is 56.2 cm³/mol. The summed E-state index contributed by atoms with van der Waals surface area (Å²) in [6, 6.07) is 1.71. The van der Waals surface area contributed by atoms with Crippen molar-refractivity contribution in [3.05, 3.63) is 22.8 Å². The number of carbonyl (C=O) groups excluding carboxylic acids is 1. The summed E-state index contributed by atoms with van der Waals surface area (Å²) in [4.78, 5) is 15.2. The summed E-state index contributed by atoms with van der Waals surface area (Å²) in [5.41, 5.74) is 0.819. The van der Waals surface area contributed by atoms with E-state index in [2.05, 4.69) is 10.3 Å². The van der Waals surface area contributed by atoms with Gasteiger partial charge in [-0.3, -0.25) is 4.79 Å². The van der Waals surface area contributed by atoms with Crippen LogP contribution in [0.5, 0.6) is 5.88 Å². The van der Waals surface area contributed by atoms with E-state index in [-0.39, 0.29) is 11.8 Å². The van der Waals surface area contributed by atoms with Crippen LogP contribution >= 0.6 is 11.6 Å². The number of nitrogens with one attached hydrogen (secondary N) is 1. The second kappa shape index (κ2) is 4.06. The Morgan fingerprint density at radius 1 is 1.67 bits per heavy atom. The highest BCUT2D eigenvalue weighted by Crippen LogP contribution is 2.34. The minimum Gasteiger partial charge on any atom is -0.481 e. The molecule has 0 aliphatic carbocycles. The van der Waals surface area contributed by atoms with Gasteiger partial charge in [0.15, 0.2) is 0 Å². The average molecular weight is 227 g/mol. The van der Waals surface area contributed by atoms with Crippen LogP contribution in [-0.4, -0.2) is 24.5 Å². The number of nitrogens with zero attached hydrogens (tertiary/aromatic N) is 1. The molecule has 1 aliphatic heterocycles. The maximum atomic E-state index is 11.1. The number of methoxy groups -OCH3 is 1.